The Balaban J connectivity index is 1.31. The Hall–Kier alpha value is -2.95. The van der Waals surface area contributed by atoms with Crippen molar-refractivity contribution < 1.29 is 0 Å². The normalized spacial score (nSPS) is 14.7. The van der Waals surface area contributed by atoms with Crippen molar-refractivity contribution in [3.8, 4) is 0 Å². The highest BCUT2D eigenvalue weighted by Crippen LogP contribution is 2.25. The predicted octanol–water partition coefficient (Wildman–Crippen LogP) is 4.01. The van der Waals surface area contributed by atoms with Gasteiger partial charge in [0.05, 0.1) is 0 Å². The van der Waals surface area contributed by atoms with Crippen LogP contribution in [0.15, 0.2) is 67.1 Å². The van der Waals surface area contributed by atoms with Crippen LogP contribution in [0.25, 0.3) is 0 Å². The van der Waals surface area contributed by atoms with E-state index >= 15 is 0 Å². The number of nitrogens with zero attached hydrogens (tertiary/aromatic N) is 5. The summed E-state index contributed by atoms with van der Waals surface area (Å²) in [5.41, 5.74) is 2.73. The molecular formula is C24H29N5. The number of hydrogen-bond donors (Lipinski definition) is 0. The van der Waals surface area contributed by atoms with Crippen LogP contribution in [0.1, 0.15) is 24.0 Å². The summed E-state index contributed by atoms with van der Waals surface area (Å²) in [5.74, 6) is 2.60. The quantitative estimate of drug-likeness (QED) is 0.613. The molecule has 1 aliphatic heterocycles. The highest BCUT2D eigenvalue weighted by molar-refractivity contribution is 5.44. The summed E-state index contributed by atoms with van der Waals surface area (Å²) in [4.78, 5) is 18.0. The Labute approximate surface area is 173 Å². The van der Waals surface area contributed by atoms with Gasteiger partial charge in [-0.05, 0) is 60.9 Å². The molecule has 3 heterocycles. The Morgan fingerprint density at radius 3 is 2.45 bits per heavy atom. The minimum absolute atomic E-state index is 0.762. The van der Waals surface area contributed by atoms with Crippen LogP contribution in [-0.2, 0) is 12.8 Å². The topological polar surface area (TPSA) is 45.2 Å². The van der Waals surface area contributed by atoms with E-state index in [1.54, 1.807) is 0 Å². The van der Waals surface area contributed by atoms with Gasteiger partial charge in [0.2, 0.25) is 5.95 Å². The van der Waals surface area contributed by atoms with Crippen LogP contribution in [0.3, 0.4) is 0 Å². The van der Waals surface area contributed by atoms with Crippen LogP contribution in [0, 0.1) is 5.92 Å². The second-order valence-electron chi connectivity index (χ2n) is 7.86. The third-order valence-electron chi connectivity index (χ3n) is 5.76. The molecule has 0 saturated carbocycles. The number of piperidine rings is 1. The van der Waals surface area contributed by atoms with E-state index in [2.05, 4.69) is 69.3 Å². The average Bonchev–Trinajstić information content (AvgIpc) is 2.79. The van der Waals surface area contributed by atoms with Gasteiger partial charge in [0.15, 0.2) is 0 Å². The fourth-order valence-corrected chi connectivity index (χ4v) is 3.96. The summed E-state index contributed by atoms with van der Waals surface area (Å²) < 4.78 is 0. The van der Waals surface area contributed by atoms with Crippen LogP contribution < -0.4 is 9.80 Å². The standard InChI is InChI=1S/C24H29N5/c1-28(16-10-20-7-13-25-14-8-20)24-26-15-9-23(27-24)29-17-11-22(12-18-29)19-21-5-3-2-4-6-21/h2-9,13-15,22H,10-12,16-19H2,1H3. The van der Waals surface area contributed by atoms with Crippen molar-refractivity contribution in [1.82, 2.24) is 15.0 Å². The molecule has 5 nitrogen and oxygen atoms in total. The minimum atomic E-state index is 0.762. The van der Waals surface area contributed by atoms with Crippen LogP contribution in [0.4, 0.5) is 11.8 Å². The van der Waals surface area contributed by atoms with Crippen LogP contribution in [0.2, 0.25) is 0 Å². The molecule has 150 valence electrons. The molecule has 1 fully saturated rings. The summed E-state index contributed by atoms with van der Waals surface area (Å²) in [5, 5.41) is 0. The number of rotatable bonds is 7. The van der Waals surface area contributed by atoms with E-state index in [-0.39, 0.29) is 0 Å². The first-order chi connectivity index (χ1) is 14.3. The molecule has 5 heteroatoms. The largest absolute Gasteiger partial charge is 0.356 e. The predicted molar refractivity (Wildman–Crippen MR) is 118 cm³/mol. The molecule has 1 aromatic carbocycles. The zero-order valence-corrected chi connectivity index (χ0v) is 17.1. The lowest BCUT2D eigenvalue weighted by Crippen LogP contribution is -2.35. The van der Waals surface area contributed by atoms with Crippen molar-refractivity contribution in [1.29, 1.82) is 0 Å². The number of hydrogen-bond acceptors (Lipinski definition) is 5. The molecule has 29 heavy (non-hydrogen) atoms. The summed E-state index contributed by atoms with van der Waals surface area (Å²) in [7, 11) is 2.06. The van der Waals surface area contributed by atoms with E-state index in [0.717, 1.165) is 43.7 Å². The third kappa shape index (κ3) is 5.31. The first-order valence-corrected chi connectivity index (χ1v) is 10.5. The van der Waals surface area contributed by atoms with E-state index in [4.69, 9.17) is 4.98 Å². The molecule has 0 spiro atoms. The molecule has 1 saturated heterocycles. The van der Waals surface area contributed by atoms with Gasteiger partial charge in [0, 0.05) is 45.3 Å². The van der Waals surface area contributed by atoms with Crippen molar-refractivity contribution in [2.24, 2.45) is 5.92 Å². The van der Waals surface area contributed by atoms with E-state index in [1.165, 1.54) is 30.4 Å². The molecule has 0 atom stereocenters. The SMILES string of the molecule is CN(CCc1ccncc1)c1nccc(N2CCC(Cc3ccccc3)CC2)n1. The van der Waals surface area contributed by atoms with Gasteiger partial charge in [-0.15, -0.1) is 0 Å². The lowest BCUT2D eigenvalue weighted by molar-refractivity contribution is 0.402. The molecule has 4 rings (SSSR count). The average molecular weight is 388 g/mol. The van der Waals surface area contributed by atoms with Crippen molar-refractivity contribution in [2.75, 3.05) is 36.5 Å². The molecule has 1 aliphatic rings. The first-order valence-electron chi connectivity index (χ1n) is 10.5. The number of likely N-dealkylation sites (N-methyl/N-ethyl adjacent to an activating group) is 1. The molecule has 3 aromatic rings. The zero-order valence-electron chi connectivity index (χ0n) is 17.1. The second kappa shape index (κ2) is 9.50. The maximum atomic E-state index is 4.85. The lowest BCUT2D eigenvalue weighted by Gasteiger charge is -2.33. The van der Waals surface area contributed by atoms with Crippen molar-refractivity contribution in [2.45, 2.75) is 25.7 Å². The van der Waals surface area contributed by atoms with Gasteiger partial charge >= 0.3 is 0 Å². The van der Waals surface area contributed by atoms with Gasteiger partial charge in [-0.25, -0.2) is 4.98 Å². The van der Waals surface area contributed by atoms with Gasteiger partial charge in [-0.1, -0.05) is 30.3 Å². The molecule has 0 amide bonds. The van der Waals surface area contributed by atoms with Gasteiger partial charge in [0.1, 0.15) is 5.82 Å². The summed E-state index contributed by atoms with van der Waals surface area (Å²) >= 11 is 0. The molecule has 0 bridgehead atoms. The van der Waals surface area contributed by atoms with Crippen molar-refractivity contribution >= 4 is 11.8 Å². The minimum Gasteiger partial charge on any atom is -0.356 e. The van der Waals surface area contributed by atoms with E-state index in [0.29, 0.717) is 0 Å². The maximum Gasteiger partial charge on any atom is 0.227 e. The van der Waals surface area contributed by atoms with E-state index < -0.39 is 0 Å². The van der Waals surface area contributed by atoms with Crippen molar-refractivity contribution in [3.05, 3.63) is 78.2 Å². The highest BCUT2D eigenvalue weighted by atomic mass is 15.3. The first kappa shape index (κ1) is 19.4. The third-order valence-corrected chi connectivity index (χ3v) is 5.76. The van der Waals surface area contributed by atoms with Crippen LogP contribution in [-0.4, -0.2) is 41.6 Å². The summed E-state index contributed by atoms with van der Waals surface area (Å²) in [6, 6.07) is 17.0. The molecule has 0 aliphatic carbocycles. The Morgan fingerprint density at radius 1 is 0.931 bits per heavy atom. The smallest absolute Gasteiger partial charge is 0.227 e. The monoisotopic (exact) mass is 387 g/mol. The Morgan fingerprint density at radius 2 is 1.69 bits per heavy atom. The summed E-state index contributed by atoms with van der Waals surface area (Å²) in [6.45, 7) is 3.01. The highest BCUT2D eigenvalue weighted by Gasteiger charge is 2.21. The van der Waals surface area contributed by atoms with Gasteiger partial charge in [-0.3, -0.25) is 4.98 Å². The Kier molecular flexibility index (Phi) is 6.35. The lowest BCUT2D eigenvalue weighted by atomic mass is 9.90. The zero-order chi connectivity index (χ0) is 19.9. The van der Waals surface area contributed by atoms with Crippen LogP contribution >= 0.6 is 0 Å². The molecule has 0 N–H and O–H groups in total. The fourth-order valence-electron chi connectivity index (χ4n) is 3.96. The second-order valence-corrected chi connectivity index (χ2v) is 7.86. The summed E-state index contributed by atoms with van der Waals surface area (Å²) in [6.07, 6.45) is 10.1. The van der Waals surface area contributed by atoms with Gasteiger partial charge < -0.3 is 9.80 Å². The van der Waals surface area contributed by atoms with Gasteiger partial charge in [0.25, 0.3) is 0 Å². The molecule has 2 aromatic heterocycles. The number of pyridine rings is 1. The molecular weight excluding hydrogens is 358 g/mol. The molecule has 0 radical (unpaired) electrons. The van der Waals surface area contributed by atoms with Crippen LogP contribution in [0.5, 0.6) is 0 Å². The van der Waals surface area contributed by atoms with Crippen molar-refractivity contribution in [3.63, 3.8) is 0 Å². The Bertz CT molecular complexity index is 876. The maximum absolute atomic E-state index is 4.85. The van der Waals surface area contributed by atoms with E-state index in [1.807, 2.05) is 24.7 Å². The fraction of sp³-hybridized carbons (Fsp3) is 0.375. The number of benzene rings is 1. The van der Waals surface area contributed by atoms with E-state index in [9.17, 15) is 0 Å². The molecule has 0 unspecified atom stereocenters. The van der Waals surface area contributed by atoms with Gasteiger partial charge in [-0.2, -0.15) is 4.98 Å². The number of aromatic nitrogens is 3. The number of anilines is 2.